The van der Waals surface area contributed by atoms with Gasteiger partial charge in [0.15, 0.2) is 5.82 Å². The molecular formula is C20H21ClN6O. The van der Waals surface area contributed by atoms with Crippen molar-refractivity contribution < 1.29 is 4.79 Å². The highest BCUT2D eigenvalue weighted by Gasteiger charge is 2.22. The first-order valence-electron chi connectivity index (χ1n) is 9.20. The molecule has 3 heterocycles. The number of piperazine rings is 1. The molecule has 1 fully saturated rings. The Labute approximate surface area is 168 Å². The van der Waals surface area contributed by atoms with Crippen LogP contribution in [0, 0.1) is 6.92 Å². The number of carbonyl (C=O) groups excluding carboxylic acids is 1. The minimum Gasteiger partial charge on any atom is -0.353 e. The molecule has 144 valence electrons. The molecule has 1 aliphatic heterocycles. The summed E-state index contributed by atoms with van der Waals surface area (Å²) in [6.45, 7) is 4.76. The molecule has 0 unspecified atom stereocenters. The molecule has 7 nitrogen and oxygen atoms in total. The third-order valence-electron chi connectivity index (χ3n) is 4.82. The van der Waals surface area contributed by atoms with Crippen LogP contribution >= 0.6 is 11.6 Å². The van der Waals surface area contributed by atoms with Gasteiger partial charge >= 0.3 is 0 Å². The molecule has 1 saturated heterocycles. The summed E-state index contributed by atoms with van der Waals surface area (Å²) in [6.07, 6.45) is 3.84. The SMILES string of the molecule is Cc1ccn(-c2cc(N3CCN(C(=O)Cc4ccc(Cl)cc4)CC3)ncn2)n1. The maximum atomic E-state index is 12.6. The van der Waals surface area contributed by atoms with Crippen LogP contribution in [0.15, 0.2) is 48.9 Å². The summed E-state index contributed by atoms with van der Waals surface area (Å²) in [5.74, 6) is 1.72. The second-order valence-corrected chi connectivity index (χ2v) is 7.24. The van der Waals surface area contributed by atoms with Crippen LogP contribution in [-0.2, 0) is 11.2 Å². The standard InChI is InChI=1S/C20H21ClN6O/c1-15-6-7-27(24-15)19-13-18(22-14-23-19)25-8-10-26(11-9-25)20(28)12-16-2-4-17(21)5-3-16/h2-7,13-14H,8-12H2,1H3. The van der Waals surface area contributed by atoms with Gasteiger partial charge in [-0.05, 0) is 30.7 Å². The Kier molecular flexibility index (Phi) is 5.25. The zero-order valence-corrected chi connectivity index (χ0v) is 16.4. The monoisotopic (exact) mass is 396 g/mol. The van der Waals surface area contributed by atoms with Gasteiger partial charge in [-0.15, -0.1) is 0 Å². The molecule has 0 saturated carbocycles. The number of halogens is 1. The molecule has 3 aromatic rings. The Bertz CT molecular complexity index is 963. The van der Waals surface area contributed by atoms with Gasteiger partial charge in [-0.1, -0.05) is 23.7 Å². The number of aromatic nitrogens is 4. The Morgan fingerprint density at radius 3 is 2.43 bits per heavy atom. The number of hydrogen-bond acceptors (Lipinski definition) is 5. The molecule has 0 radical (unpaired) electrons. The van der Waals surface area contributed by atoms with Crippen LogP contribution < -0.4 is 4.90 Å². The number of amides is 1. The van der Waals surface area contributed by atoms with Crippen LogP contribution in [0.1, 0.15) is 11.3 Å². The highest BCUT2D eigenvalue weighted by molar-refractivity contribution is 6.30. The summed E-state index contributed by atoms with van der Waals surface area (Å²) in [7, 11) is 0. The van der Waals surface area contributed by atoms with Crippen LogP contribution in [-0.4, -0.2) is 56.7 Å². The Balaban J connectivity index is 1.37. The van der Waals surface area contributed by atoms with E-state index < -0.39 is 0 Å². The predicted molar refractivity (Wildman–Crippen MR) is 108 cm³/mol. The number of rotatable bonds is 4. The molecule has 2 aromatic heterocycles. The third-order valence-corrected chi connectivity index (χ3v) is 5.07. The number of aryl methyl sites for hydroxylation is 1. The lowest BCUT2D eigenvalue weighted by atomic mass is 10.1. The van der Waals surface area contributed by atoms with Gasteiger partial charge in [0.1, 0.15) is 12.1 Å². The second-order valence-electron chi connectivity index (χ2n) is 6.81. The lowest BCUT2D eigenvalue weighted by Gasteiger charge is -2.35. The zero-order valence-electron chi connectivity index (χ0n) is 15.6. The van der Waals surface area contributed by atoms with E-state index in [9.17, 15) is 4.79 Å². The Morgan fingerprint density at radius 2 is 1.75 bits per heavy atom. The van der Waals surface area contributed by atoms with Crippen molar-refractivity contribution in [1.82, 2.24) is 24.6 Å². The van der Waals surface area contributed by atoms with Gasteiger partial charge in [0.2, 0.25) is 5.91 Å². The fourth-order valence-electron chi connectivity index (χ4n) is 3.25. The van der Waals surface area contributed by atoms with E-state index in [-0.39, 0.29) is 5.91 Å². The number of benzene rings is 1. The molecule has 0 spiro atoms. The predicted octanol–water partition coefficient (Wildman–Crippen LogP) is 2.52. The maximum absolute atomic E-state index is 12.6. The van der Waals surface area contributed by atoms with E-state index in [1.807, 2.05) is 54.4 Å². The van der Waals surface area contributed by atoms with E-state index in [0.717, 1.165) is 36.0 Å². The molecule has 0 aliphatic carbocycles. The van der Waals surface area contributed by atoms with Crippen LogP contribution in [0.5, 0.6) is 0 Å². The molecular weight excluding hydrogens is 376 g/mol. The van der Waals surface area contributed by atoms with Crippen LogP contribution in [0.3, 0.4) is 0 Å². The van der Waals surface area contributed by atoms with Crippen molar-refractivity contribution in [3.8, 4) is 5.82 Å². The van der Waals surface area contributed by atoms with E-state index in [1.165, 1.54) is 0 Å². The van der Waals surface area contributed by atoms with E-state index in [0.29, 0.717) is 24.5 Å². The Morgan fingerprint density at radius 1 is 1.04 bits per heavy atom. The van der Waals surface area contributed by atoms with Gasteiger partial charge in [-0.3, -0.25) is 4.79 Å². The summed E-state index contributed by atoms with van der Waals surface area (Å²) in [5.41, 5.74) is 1.92. The first-order chi connectivity index (χ1) is 13.6. The molecule has 1 aromatic carbocycles. The number of hydrogen-bond donors (Lipinski definition) is 0. The van der Waals surface area contributed by atoms with Gasteiger partial charge in [0.05, 0.1) is 12.1 Å². The second kappa shape index (κ2) is 7.98. The lowest BCUT2D eigenvalue weighted by Crippen LogP contribution is -2.49. The zero-order chi connectivity index (χ0) is 19.5. The average molecular weight is 397 g/mol. The number of carbonyl (C=O) groups is 1. The summed E-state index contributed by atoms with van der Waals surface area (Å²) in [6, 6.07) is 11.3. The van der Waals surface area contributed by atoms with Gasteiger partial charge in [-0.25, -0.2) is 14.6 Å². The van der Waals surface area contributed by atoms with E-state index in [2.05, 4.69) is 20.0 Å². The van der Waals surface area contributed by atoms with Gasteiger partial charge < -0.3 is 9.80 Å². The van der Waals surface area contributed by atoms with Crippen LogP contribution in [0.2, 0.25) is 5.02 Å². The quantitative estimate of drug-likeness (QED) is 0.677. The minimum absolute atomic E-state index is 0.136. The van der Waals surface area contributed by atoms with Crippen molar-refractivity contribution in [2.75, 3.05) is 31.1 Å². The normalized spacial score (nSPS) is 14.4. The fourth-order valence-corrected chi connectivity index (χ4v) is 3.38. The minimum atomic E-state index is 0.136. The molecule has 0 bridgehead atoms. The van der Waals surface area contributed by atoms with Crippen molar-refractivity contribution in [3.05, 3.63) is 65.2 Å². The van der Waals surface area contributed by atoms with Crippen molar-refractivity contribution in [3.63, 3.8) is 0 Å². The van der Waals surface area contributed by atoms with Gasteiger partial charge in [0.25, 0.3) is 0 Å². The highest BCUT2D eigenvalue weighted by Crippen LogP contribution is 2.17. The van der Waals surface area contributed by atoms with E-state index >= 15 is 0 Å². The summed E-state index contributed by atoms with van der Waals surface area (Å²) >= 11 is 5.91. The summed E-state index contributed by atoms with van der Waals surface area (Å²) < 4.78 is 1.74. The van der Waals surface area contributed by atoms with Crippen LogP contribution in [0.25, 0.3) is 5.82 Å². The van der Waals surface area contributed by atoms with Crippen LogP contribution in [0.4, 0.5) is 5.82 Å². The molecule has 1 amide bonds. The molecule has 28 heavy (non-hydrogen) atoms. The number of nitrogens with zero attached hydrogens (tertiary/aromatic N) is 6. The maximum Gasteiger partial charge on any atom is 0.227 e. The molecule has 4 rings (SSSR count). The molecule has 1 aliphatic rings. The first-order valence-corrected chi connectivity index (χ1v) is 9.58. The highest BCUT2D eigenvalue weighted by atomic mass is 35.5. The van der Waals surface area contributed by atoms with Crippen molar-refractivity contribution >= 4 is 23.3 Å². The van der Waals surface area contributed by atoms with Crippen molar-refractivity contribution in [1.29, 1.82) is 0 Å². The first kappa shape index (κ1) is 18.4. The number of anilines is 1. The average Bonchev–Trinajstić information content (AvgIpc) is 3.16. The van der Waals surface area contributed by atoms with E-state index in [1.54, 1.807) is 11.0 Å². The van der Waals surface area contributed by atoms with E-state index in [4.69, 9.17) is 11.6 Å². The largest absolute Gasteiger partial charge is 0.353 e. The lowest BCUT2D eigenvalue weighted by molar-refractivity contribution is -0.130. The summed E-state index contributed by atoms with van der Waals surface area (Å²) in [5, 5.41) is 5.07. The Hall–Kier alpha value is -2.93. The molecule has 0 N–H and O–H groups in total. The fraction of sp³-hybridized carbons (Fsp3) is 0.300. The smallest absolute Gasteiger partial charge is 0.227 e. The van der Waals surface area contributed by atoms with Crippen molar-refractivity contribution in [2.24, 2.45) is 0 Å². The summed E-state index contributed by atoms with van der Waals surface area (Å²) in [4.78, 5) is 25.4. The van der Waals surface area contributed by atoms with Gasteiger partial charge in [0, 0.05) is 43.5 Å². The molecule has 8 heteroatoms. The van der Waals surface area contributed by atoms with Gasteiger partial charge in [-0.2, -0.15) is 5.10 Å². The van der Waals surface area contributed by atoms with Crippen molar-refractivity contribution in [2.45, 2.75) is 13.3 Å². The third kappa shape index (κ3) is 4.14. The molecule has 0 atom stereocenters. The topological polar surface area (TPSA) is 67.2 Å².